The Balaban J connectivity index is 1.47. The Bertz CT molecular complexity index is 1030. The minimum Gasteiger partial charge on any atom is -0.454 e. The Kier molecular flexibility index (Phi) is 4.79. The molecule has 1 aromatic heterocycles. The number of carbonyl (C=O) groups is 1. The number of anilines is 2. The molecule has 0 atom stereocenters. The van der Waals surface area contributed by atoms with Gasteiger partial charge in [-0.1, -0.05) is 41.7 Å². The highest BCUT2D eigenvalue weighted by atomic mass is 32.1. The van der Waals surface area contributed by atoms with Crippen molar-refractivity contribution in [1.29, 1.82) is 0 Å². The van der Waals surface area contributed by atoms with Gasteiger partial charge in [0.15, 0.2) is 16.6 Å². The molecule has 0 radical (unpaired) electrons. The molecule has 1 N–H and O–H groups in total. The lowest BCUT2D eigenvalue weighted by molar-refractivity contribution is 0.103. The quantitative estimate of drug-likeness (QED) is 0.710. The van der Waals surface area contributed by atoms with Crippen molar-refractivity contribution in [2.24, 2.45) is 0 Å². The molecule has 2 aromatic carbocycles. The maximum Gasteiger partial charge on any atom is 0.268 e. The molecule has 8 heteroatoms. The zero-order valence-electron chi connectivity index (χ0n) is 15.6. The van der Waals surface area contributed by atoms with E-state index in [9.17, 15) is 4.79 Å². The predicted octanol–water partition coefficient (Wildman–Crippen LogP) is 3.63. The molecule has 7 nitrogen and oxygen atoms in total. The maximum atomic E-state index is 13.1. The lowest BCUT2D eigenvalue weighted by Gasteiger charge is -2.26. The van der Waals surface area contributed by atoms with E-state index < -0.39 is 0 Å². The first-order valence-electron chi connectivity index (χ1n) is 9.38. The van der Waals surface area contributed by atoms with Crippen molar-refractivity contribution in [2.75, 3.05) is 43.3 Å². The third-order valence-electron chi connectivity index (χ3n) is 4.78. The number of nitrogens with one attached hydrogen (secondary N) is 1. The van der Waals surface area contributed by atoms with E-state index in [1.165, 1.54) is 11.3 Å². The van der Waals surface area contributed by atoms with E-state index >= 15 is 0 Å². The summed E-state index contributed by atoms with van der Waals surface area (Å²) < 4.78 is 16.2. The zero-order chi connectivity index (χ0) is 19.6. The number of amides is 1. The second-order valence-electron chi connectivity index (χ2n) is 6.66. The summed E-state index contributed by atoms with van der Waals surface area (Å²) in [6.45, 7) is 3.07. The molecule has 1 saturated heterocycles. The summed E-state index contributed by atoms with van der Waals surface area (Å²) in [6.07, 6.45) is 0. The number of benzene rings is 2. The third-order valence-corrected chi connectivity index (χ3v) is 5.90. The van der Waals surface area contributed by atoms with Crippen LogP contribution in [0.4, 0.5) is 10.8 Å². The highest BCUT2D eigenvalue weighted by molar-refractivity contribution is 7.18. The number of hydrogen-bond donors (Lipinski definition) is 1. The predicted molar refractivity (Wildman–Crippen MR) is 111 cm³/mol. The van der Waals surface area contributed by atoms with Gasteiger partial charge in [-0.15, -0.1) is 0 Å². The van der Waals surface area contributed by atoms with Crippen molar-refractivity contribution in [1.82, 2.24) is 4.98 Å². The summed E-state index contributed by atoms with van der Waals surface area (Å²) in [5.41, 5.74) is 2.26. The monoisotopic (exact) mass is 409 g/mol. The van der Waals surface area contributed by atoms with E-state index in [-0.39, 0.29) is 12.7 Å². The standard InChI is InChI=1S/C21H19N3O4S/c25-20(22-15-6-7-16-17(12-15)28-13-27-16)19-18(14-4-2-1-3-5-14)23-21(29-19)24-8-10-26-11-9-24/h1-7,12H,8-11,13H2,(H,22,25). The smallest absolute Gasteiger partial charge is 0.268 e. The number of rotatable bonds is 4. The number of aromatic nitrogens is 1. The molecule has 1 fully saturated rings. The average molecular weight is 409 g/mol. The maximum absolute atomic E-state index is 13.1. The molecule has 2 aliphatic heterocycles. The van der Waals surface area contributed by atoms with Crippen LogP contribution < -0.4 is 19.7 Å². The fourth-order valence-electron chi connectivity index (χ4n) is 3.31. The number of nitrogens with zero attached hydrogens (tertiary/aromatic N) is 2. The molecule has 29 heavy (non-hydrogen) atoms. The van der Waals surface area contributed by atoms with E-state index in [1.54, 1.807) is 18.2 Å². The summed E-state index contributed by atoms with van der Waals surface area (Å²) in [5, 5.41) is 3.80. The number of fused-ring (bicyclic) bond motifs is 1. The first-order valence-corrected chi connectivity index (χ1v) is 10.2. The van der Waals surface area contributed by atoms with Gasteiger partial charge < -0.3 is 24.4 Å². The zero-order valence-corrected chi connectivity index (χ0v) is 16.4. The largest absolute Gasteiger partial charge is 0.454 e. The van der Waals surface area contributed by atoms with Crippen LogP contribution in [0.3, 0.4) is 0 Å². The minimum atomic E-state index is -0.195. The molecule has 0 bridgehead atoms. The van der Waals surface area contributed by atoms with Crippen molar-refractivity contribution in [2.45, 2.75) is 0 Å². The van der Waals surface area contributed by atoms with Crippen LogP contribution in [0, 0.1) is 0 Å². The van der Waals surface area contributed by atoms with Gasteiger partial charge in [-0.05, 0) is 12.1 Å². The molecule has 0 aliphatic carbocycles. The Hall–Kier alpha value is -3.10. The fourth-order valence-corrected chi connectivity index (χ4v) is 4.34. The number of morpholine rings is 1. The van der Waals surface area contributed by atoms with Crippen LogP contribution >= 0.6 is 11.3 Å². The third kappa shape index (κ3) is 3.64. The second-order valence-corrected chi connectivity index (χ2v) is 7.64. The second kappa shape index (κ2) is 7.73. The van der Waals surface area contributed by atoms with Crippen LogP contribution in [0.5, 0.6) is 11.5 Å². The van der Waals surface area contributed by atoms with Gasteiger partial charge in [-0.3, -0.25) is 4.79 Å². The molecule has 2 aliphatic rings. The van der Waals surface area contributed by atoms with Crippen LogP contribution in [0.15, 0.2) is 48.5 Å². The van der Waals surface area contributed by atoms with E-state index in [2.05, 4.69) is 10.2 Å². The summed E-state index contributed by atoms with van der Waals surface area (Å²) >= 11 is 1.40. The molecule has 5 rings (SSSR count). The van der Waals surface area contributed by atoms with Crippen LogP contribution in [-0.2, 0) is 4.74 Å². The normalized spacial score (nSPS) is 15.4. The van der Waals surface area contributed by atoms with Crippen LogP contribution in [0.25, 0.3) is 11.3 Å². The van der Waals surface area contributed by atoms with Gasteiger partial charge in [-0.2, -0.15) is 0 Å². The van der Waals surface area contributed by atoms with Crippen molar-refractivity contribution < 1.29 is 19.0 Å². The first-order chi connectivity index (χ1) is 14.3. The lowest BCUT2D eigenvalue weighted by atomic mass is 10.1. The van der Waals surface area contributed by atoms with Crippen molar-refractivity contribution in [3.05, 3.63) is 53.4 Å². The number of hydrogen-bond acceptors (Lipinski definition) is 7. The van der Waals surface area contributed by atoms with E-state index in [1.807, 2.05) is 30.3 Å². The Morgan fingerprint density at radius 3 is 2.66 bits per heavy atom. The number of thiazole rings is 1. The average Bonchev–Trinajstić information content (AvgIpc) is 3.42. The highest BCUT2D eigenvalue weighted by Gasteiger charge is 2.24. The summed E-state index contributed by atoms with van der Waals surface area (Å²) in [5.74, 6) is 1.12. The van der Waals surface area contributed by atoms with E-state index in [4.69, 9.17) is 19.2 Å². The number of ether oxygens (including phenoxy) is 3. The van der Waals surface area contributed by atoms with Crippen molar-refractivity contribution in [3.63, 3.8) is 0 Å². The molecule has 0 unspecified atom stereocenters. The summed E-state index contributed by atoms with van der Waals surface area (Å²) in [6, 6.07) is 15.1. The van der Waals surface area contributed by atoms with E-state index in [0.29, 0.717) is 41.0 Å². The number of carbonyl (C=O) groups excluding carboxylic acids is 1. The molecule has 3 heterocycles. The summed E-state index contributed by atoms with van der Waals surface area (Å²) in [7, 11) is 0. The van der Waals surface area contributed by atoms with Crippen LogP contribution in [0.2, 0.25) is 0 Å². The van der Waals surface area contributed by atoms with Gasteiger partial charge in [0.2, 0.25) is 6.79 Å². The van der Waals surface area contributed by atoms with Gasteiger partial charge in [0.1, 0.15) is 4.88 Å². The SMILES string of the molecule is O=C(Nc1ccc2c(c1)OCO2)c1sc(N2CCOCC2)nc1-c1ccccc1. The minimum absolute atomic E-state index is 0.195. The molecule has 3 aromatic rings. The highest BCUT2D eigenvalue weighted by Crippen LogP contribution is 2.36. The summed E-state index contributed by atoms with van der Waals surface area (Å²) in [4.78, 5) is 20.7. The molecule has 0 saturated carbocycles. The van der Waals surface area contributed by atoms with Crippen LogP contribution in [-0.4, -0.2) is 44.0 Å². The van der Waals surface area contributed by atoms with E-state index in [0.717, 1.165) is 23.8 Å². The fraction of sp³-hybridized carbons (Fsp3) is 0.238. The Labute approximate surface area is 171 Å². The first kappa shape index (κ1) is 18.0. The molecule has 1 amide bonds. The molecular weight excluding hydrogens is 390 g/mol. The molecule has 0 spiro atoms. The van der Waals surface area contributed by atoms with Gasteiger partial charge in [0.25, 0.3) is 5.91 Å². The molecule has 148 valence electrons. The Morgan fingerprint density at radius 2 is 1.83 bits per heavy atom. The van der Waals surface area contributed by atoms with Crippen molar-refractivity contribution >= 4 is 28.1 Å². The van der Waals surface area contributed by atoms with Crippen LogP contribution in [0.1, 0.15) is 9.67 Å². The molecular formula is C21H19N3O4S. The van der Waals surface area contributed by atoms with Gasteiger partial charge >= 0.3 is 0 Å². The topological polar surface area (TPSA) is 72.9 Å². The lowest BCUT2D eigenvalue weighted by Crippen LogP contribution is -2.36. The van der Waals surface area contributed by atoms with Gasteiger partial charge in [-0.25, -0.2) is 4.98 Å². The Morgan fingerprint density at radius 1 is 1.03 bits per heavy atom. The van der Waals surface area contributed by atoms with Gasteiger partial charge in [0.05, 0.1) is 18.9 Å². The van der Waals surface area contributed by atoms with Gasteiger partial charge in [0, 0.05) is 30.4 Å². The van der Waals surface area contributed by atoms with Crippen molar-refractivity contribution in [3.8, 4) is 22.8 Å².